The number of alkyl halides is 3. The standard InChI is InChI=1S/C17H13F3N6O/c1-8-11(13(21)14-16(23-8)26-27-25-14)7-9-3-2-4-12(24-9)10-5-6-22-15(10)17(18,19)20/h2-5H,6-7,21H2,1H3. The average Bonchev–Trinajstić information content (AvgIpc) is 3.27. The van der Waals surface area contributed by atoms with Gasteiger partial charge in [0, 0.05) is 28.9 Å². The molecule has 7 nitrogen and oxygen atoms in total. The number of fused-ring (bicyclic) bond motifs is 1. The monoisotopic (exact) mass is 374 g/mol. The Bertz CT molecular complexity index is 1100. The lowest BCUT2D eigenvalue weighted by molar-refractivity contribution is -0.0571. The minimum absolute atomic E-state index is 0.0108. The van der Waals surface area contributed by atoms with Crippen molar-refractivity contribution >= 4 is 28.1 Å². The van der Waals surface area contributed by atoms with Crippen LogP contribution in [0.4, 0.5) is 18.9 Å². The second-order valence-corrected chi connectivity index (χ2v) is 6.02. The number of aliphatic imine (C=N–C) groups is 1. The highest BCUT2D eigenvalue weighted by Gasteiger charge is 2.40. The fourth-order valence-electron chi connectivity index (χ4n) is 3.00. The molecule has 3 aromatic heterocycles. The third kappa shape index (κ3) is 3.03. The Kier molecular flexibility index (Phi) is 3.90. The number of nitrogens with zero attached hydrogens (tertiary/aromatic N) is 5. The maximum absolute atomic E-state index is 13.1. The number of allylic oxidation sites excluding steroid dienone is 1. The van der Waals surface area contributed by atoms with Crippen molar-refractivity contribution in [3.63, 3.8) is 0 Å². The van der Waals surface area contributed by atoms with Gasteiger partial charge in [-0.1, -0.05) is 12.1 Å². The zero-order chi connectivity index (χ0) is 19.2. The van der Waals surface area contributed by atoms with Crippen LogP contribution in [-0.4, -0.2) is 38.7 Å². The molecule has 0 fully saturated rings. The summed E-state index contributed by atoms with van der Waals surface area (Å²) >= 11 is 0. The first-order valence-electron chi connectivity index (χ1n) is 8.00. The molecule has 0 saturated carbocycles. The van der Waals surface area contributed by atoms with Gasteiger partial charge in [-0.05, 0) is 29.4 Å². The Hall–Kier alpha value is -3.30. The van der Waals surface area contributed by atoms with Crippen LogP contribution in [0.5, 0.6) is 0 Å². The fraction of sp³-hybridized carbons (Fsp3) is 0.235. The van der Waals surface area contributed by atoms with Crippen LogP contribution < -0.4 is 5.73 Å². The normalized spacial score (nSPS) is 14.5. The van der Waals surface area contributed by atoms with Crippen molar-refractivity contribution in [1.29, 1.82) is 0 Å². The van der Waals surface area contributed by atoms with Gasteiger partial charge in [-0.15, -0.1) is 0 Å². The molecule has 0 bridgehead atoms. The molecule has 2 N–H and O–H groups in total. The summed E-state index contributed by atoms with van der Waals surface area (Å²) in [5, 5.41) is 7.40. The van der Waals surface area contributed by atoms with Gasteiger partial charge >= 0.3 is 6.18 Å². The van der Waals surface area contributed by atoms with Gasteiger partial charge in [0.1, 0.15) is 5.71 Å². The first-order valence-corrected chi connectivity index (χ1v) is 8.00. The zero-order valence-electron chi connectivity index (χ0n) is 14.1. The van der Waals surface area contributed by atoms with E-state index < -0.39 is 11.9 Å². The predicted molar refractivity (Wildman–Crippen MR) is 92.1 cm³/mol. The maximum atomic E-state index is 13.1. The molecule has 4 rings (SSSR count). The summed E-state index contributed by atoms with van der Waals surface area (Å²) in [6.07, 6.45) is -2.81. The van der Waals surface area contributed by atoms with E-state index in [4.69, 9.17) is 5.73 Å². The van der Waals surface area contributed by atoms with Crippen LogP contribution in [0.25, 0.3) is 16.7 Å². The van der Waals surface area contributed by atoms with Gasteiger partial charge in [0.05, 0.1) is 17.9 Å². The second kappa shape index (κ2) is 6.15. The molecular weight excluding hydrogens is 361 g/mol. The summed E-state index contributed by atoms with van der Waals surface area (Å²) in [5.41, 5.74) is 8.31. The Morgan fingerprint density at radius 1 is 1.19 bits per heavy atom. The number of pyridine rings is 2. The lowest BCUT2D eigenvalue weighted by Crippen LogP contribution is -2.23. The van der Waals surface area contributed by atoms with Gasteiger partial charge in [-0.25, -0.2) is 9.61 Å². The average molecular weight is 374 g/mol. The van der Waals surface area contributed by atoms with Crippen molar-refractivity contribution < 1.29 is 17.8 Å². The largest absolute Gasteiger partial charge is 0.433 e. The number of anilines is 1. The van der Waals surface area contributed by atoms with E-state index >= 15 is 0 Å². The van der Waals surface area contributed by atoms with Crippen LogP contribution in [0.15, 0.2) is 33.9 Å². The number of hydrogen-bond acceptors (Lipinski definition) is 7. The van der Waals surface area contributed by atoms with Crippen LogP contribution in [0.3, 0.4) is 0 Å². The van der Waals surface area contributed by atoms with Gasteiger partial charge in [0.2, 0.25) is 5.65 Å². The molecule has 1 aliphatic rings. The van der Waals surface area contributed by atoms with Gasteiger partial charge in [0.15, 0.2) is 5.52 Å². The Labute approximate surface area is 150 Å². The van der Waals surface area contributed by atoms with Crippen molar-refractivity contribution in [2.24, 2.45) is 4.99 Å². The molecule has 0 aliphatic carbocycles. The SMILES string of the molecule is Cc1nc2nonc2c(N)c1Cc1cccc(C2=CCN=C2C(F)(F)F)n1. The highest BCUT2D eigenvalue weighted by Crippen LogP contribution is 2.31. The summed E-state index contributed by atoms with van der Waals surface area (Å²) in [6.45, 7) is 1.75. The van der Waals surface area contributed by atoms with E-state index in [1.54, 1.807) is 19.1 Å². The molecule has 0 aromatic carbocycles. The Balaban J connectivity index is 1.70. The summed E-state index contributed by atoms with van der Waals surface area (Å²) < 4.78 is 44.0. The van der Waals surface area contributed by atoms with Crippen LogP contribution in [0, 0.1) is 6.92 Å². The smallest absolute Gasteiger partial charge is 0.396 e. The van der Waals surface area contributed by atoms with Crippen molar-refractivity contribution in [1.82, 2.24) is 20.3 Å². The van der Waals surface area contributed by atoms with Crippen molar-refractivity contribution in [2.45, 2.75) is 19.5 Å². The van der Waals surface area contributed by atoms with Crippen molar-refractivity contribution in [3.05, 3.63) is 46.9 Å². The van der Waals surface area contributed by atoms with Gasteiger partial charge in [-0.3, -0.25) is 9.98 Å². The summed E-state index contributed by atoms with van der Waals surface area (Å²) in [5.74, 6) is 0. The van der Waals surface area contributed by atoms with Crippen molar-refractivity contribution in [2.75, 3.05) is 12.3 Å². The molecule has 1 aliphatic heterocycles. The third-order valence-electron chi connectivity index (χ3n) is 4.27. The number of aromatic nitrogens is 4. The van der Waals surface area contributed by atoms with Gasteiger partial charge in [0.25, 0.3) is 0 Å². The van der Waals surface area contributed by atoms with Crippen LogP contribution >= 0.6 is 0 Å². The molecule has 0 spiro atoms. The number of rotatable bonds is 3. The van der Waals surface area contributed by atoms with Crippen LogP contribution in [0.2, 0.25) is 0 Å². The zero-order valence-corrected chi connectivity index (χ0v) is 14.1. The molecule has 0 saturated heterocycles. The third-order valence-corrected chi connectivity index (χ3v) is 4.27. The molecule has 3 aromatic rings. The minimum atomic E-state index is -4.52. The molecule has 0 atom stereocenters. The minimum Gasteiger partial charge on any atom is -0.396 e. The highest BCUT2D eigenvalue weighted by atomic mass is 19.4. The molecular formula is C17H13F3N6O. The first kappa shape index (κ1) is 17.1. The molecule has 138 valence electrons. The predicted octanol–water partition coefficient (Wildman–Crippen LogP) is 2.89. The number of aryl methyl sites for hydroxylation is 1. The topological polar surface area (TPSA) is 103 Å². The summed E-state index contributed by atoms with van der Waals surface area (Å²) in [6, 6.07) is 4.90. The van der Waals surface area contributed by atoms with E-state index in [-0.39, 0.29) is 24.2 Å². The first-order chi connectivity index (χ1) is 12.8. The highest BCUT2D eigenvalue weighted by molar-refractivity contribution is 6.27. The van der Waals surface area contributed by atoms with Crippen LogP contribution in [-0.2, 0) is 6.42 Å². The quantitative estimate of drug-likeness (QED) is 0.756. The number of nitrogen functional groups attached to an aromatic ring is 1. The van der Waals surface area contributed by atoms with Crippen LogP contribution in [0.1, 0.15) is 22.6 Å². The van der Waals surface area contributed by atoms with E-state index in [9.17, 15) is 13.2 Å². The molecule has 0 radical (unpaired) electrons. The van der Waals surface area contributed by atoms with E-state index in [0.717, 1.165) is 0 Å². The van der Waals surface area contributed by atoms with Gasteiger partial charge in [-0.2, -0.15) is 13.2 Å². The number of halogens is 3. The van der Waals surface area contributed by atoms with E-state index in [0.29, 0.717) is 33.8 Å². The lowest BCUT2D eigenvalue weighted by atomic mass is 10.0. The van der Waals surface area contributed by atoms with Crippen molar-refractivity contribution in [3.8, 4) is 0 Å². The van der Waals surface area contributed by atoms with E-state index in [1.165, 1.54) is 12.1 Å². The molecule has 10 heteroatoms. The summed E-state index contributed by atoms with van der Waals surface area (Å²) in [7, 11) is 0. The molecule has 27 heavy (non-hydrogen) atoms. The lowest BCUT2D eigenvalue weighted by Gasteiger charge is -2.12. The number of nitrogens with two attached hydrogens (primary N) is 1. The van der Waals surface area contributed by atoms with Gasteiger partial charge < -0.3 is 5.73 Å². The van der Waals surface area contributed by atoms with E-state index in [2.05, 4.69) is 29.9 Å². The molecule has 4 heterocycles. The Morgan fingerprint density at radius 2 is 2.00 bits per heavy atom. The summed E-state index contributed by atoms with van der Waals surface area (Å²) in [4.78, 5) is 12.2. The molecule has 0 amide bonds. The fourth-order valence-corrected chi connectivity index (χ4v) is 3.00. The maximum Gasteiger partial charge on any atom is 0.433 e. The van der Waals surface area contributed by atoms with E-state index in [1.807, 2.05) is 0 Å². The number of hydrogen-bond donors (Lipinski definition) is 1. The molecule has 0 unspecified atom stereocenters. The second-order valence-electron chi connectivity index (χ2n) is 6.02. The Morgan fingerprint density at radius 3 is 2.78 bits per heavy atom.